The van der Waals surface area contributed by atoms with E-state index in [1.165, 1.54) is 7.11 Å². The van der Waals surface area contributed by atoms with E-state index < -0.39 is 11.1 Å². The summed E-state index contributed by atoms with van der Waals surface area (Å²) in [6, 6.07) is 19.5. The van der Waals surface area contributed by atoms with Crippen molar-refractivity contribution in [2.45, 2.75) is 6.61 Å². The van der Waals surface area contributed by atoms with Crippen LogP contribution in [0, 0.1) is 0 Å². The highest BCUT2D eigenvalue weighted by molar-refractivity contribution is 8.19. The molecule has 1 saturated heterocycles. The summed E-state index contributed by atoms with van der Waals surface area (Å²) in [6.07, 6.45) is 1.63. The van der Waals surface area contributed by atoms with Crippen LogP contribution in [-0.2, 0) is 11.4 Å². The van der Waals surface area contributed by atoms with Crippen LogP contribution in [0.2, 0.25) is 10.0 Å². The highest BCUT2D eigenvalue weighted by atomic mass is 35.5. The Kier molecular flexibility index (Phi) is 6.74. The van der Waals surface area contributed by atoms with Gasteiger partial charge in [0.1, 0.15) is 18.1 Å². The van der Waals surface area contributed by atoms with Crippen LogP contribution in [0.15, 0.2) is 71.6 Å². The van der Waals surface area contributed by atoms with Crippen molar-refractivity contribution in [2.24, 2.45) is 0 Å². The maximum absolute atomic E-state index is 12.9. The first-order valence-electron chi connectivity index (χ1n) is 9.54. The lowest BCUT2D eigenvalue weighted by Crippen LogP contribution is -2.28. The van der Waals surface area contributed by atoms with Crippen molar-refractivity contribution in [1.82, 2.24) is 0 Å². The molecule has 0 aliphatic carbocycles. The Morgan fingerprint density at radius 2 is 1.69 bits per heavy atom. The summed E-state index contributed by atoms with van der Waals surface area (Å²) in [7, 11) is 1.49. The first kappa shape index (κ1) is 22.3. The van der Waals surface area contributed by atoms with Crippen LogP contribution in [0.5, 0.6) is 11.5 Å². The Balaban J connectivity index is 1.53. The average molecular weight is 486 g/mol. The fourth-order valence-corrected chi connectivity index (χ4v) is 4.40. The molecule has 0 unspecified atom stereocenters. The fourth-order valence-electron chi connectivity index (χ4n) is 3.14. The molecule has 4 rings (SSSR count). The minimum absolute atomic E-state index is 0.274. The number of rotatable bonds is 6. The standard InChI is InChI=1S/C24H17Cl2NO4S/c1-30-21-9-5-4-8-19(21)27-23(28)22(32-24(27)29)13-15-10-11-20(18(26)12-15)31-14-16-6-2-3-7-17(16)25/h2-13H,14H2,1H3/b22-13-. The molecule has 0 radical (unpaired) electrons. The number of benzene rings is 3. The number of hydrogen-bond acceptors (Lipinski definition) is 5. The Morgan fingerprint density at radius 1 is 0.938 bits per heavy atom. The van der Waals surface area contributed by atoms with Gasteiger partial charge in [-0.05, 0) is 53.7 Å². The summed E-state index contributed by atoms with van der Waals surface area (Å²) in [4.78, 5) is 26.9. The van der Waals surface area contributed by atoms with Gasteiger partial charge in [0.05, 0.1) is 22.7 Å². The van der Waals surface area contributed by atoms with Gasteiger partial charge in [0.2, 0.25) is 0 Å². The minimum atomic E-state index is -0.417. The van der Waals surface area contributed by atoms with Crippen LogP contribution < -0.4 is 14.4 Å². The largest absolute Gasteiger partial charge is 0.495 e. The molecule has 8 heteroatoms. The first-order valence-corrected chi connectivity index (χ1v) is 11.1. The molecule has 1 aliphatic rings. The summed E-state index contributed by atoms with van der Waals surface area (Å²) in [5, 5.41) is 0.609. The minimum Gasteiger partial charge on any atom is -0.495 e. The van der Waals surface area contributed by atoms with Crippen molar-refractivity contribution in [1.29, 1.82) is 0 Å². The van der Waals surface area contributed by atoms with Crippen molar-refractivity contribution < 1.29 is 19.1 Å². The van der Waals surface area contributed by atoms with Gasteiger partial charge < -0.3 is 9.47 Å². The second-order valence-corrected chi connectivity index (χ2v) is 8.57. The van der Waals surface area contributed by atoms with Crippen LogP contribution in [0.3, 0.4) is 0 Å². The third-order valence-electron chi connectivity index (χ3n) is 4.71. The monoisotopic (exact) mass is 485 g/mol. The van der Waals surface area contributed by atoms with E-state index in [0.717, 1.165) is 22.2 Å². The summed E-state index contributed by atoms with van der Waals surface area (Å²) in [5.74, 6) is 0.518. The molecule has 2 amide bonds. The summed E-state index contributed by atoms with van der Waals surface area (Å²) in [6.45, 7) is 0.274. The molecular weight excluding hydrogens is 469 g/mol. The van der Waals surface area contributed by atoms with E-state index in [9.17, 15) is 9.59 Å². The van der Waals surface area contributed by atoms with Crippen molar-refractivity contribution in [3.05, 3.63) is 92.8 Å². The number of para-hydroxylation sites is 2. The smallest absolute Gasteiger partial charge is 0.298 e. The number of nitrogens with zero attached hydrogens (tertiary/aromatic N) is 1. The summed E-state index contributed by atoms with van der Waals surface area (Å²) in [5.41, 5.74) is 1.92. The zero-order valence-corrected chi connectivity index (χ0v) is 19.2. The predicted octanol–water partition coefficient (Wildman–Crippen LogP) is 6.82. The molecular formula is C24H17Cl2NO4S. The van der Waals surface area contributed by atoms with Crippen molar-refractivity contribution in [3.63, 3.8) is 0 Å². The number of amides is 2. The molecule has 32 heavy (non-hydrogen) atoms. The Bertz CT molecular complexity index is 1230. The summed E-state index contributed by atoms with van der Waals surface area (Å²) >= 11 is 13.4. The molecule has 0 aromatic heterocycles. The average Bonchev–Trinajstić information content (AvgIpc) is 3.06. The maximum Gasteiger partial charge on any atom is 0.298 e. The lowest BCUT2D eigenvalue weighted by molar-refractivity contribution is -0.113. The molecule has 0 atom stereocenters. The number of halogens is 2. The van der Waals surface area contributed by atoms with E-state index in [2.05, 4.69) is 0 Å². The van der Waals surface area contributed by atoms with Gasteiger partial charge in [-0.3, -0.25) is 9.59 Å². The Morgan fingerprint density at radius 3 is 2.44 bits per heavy atom. The van der Waals surface area contributed by atoms with E-state index in [-0.39, 0.29) is 6.61 Å². The Labute approximate surface area is 199 Å². The zero-order valence-electron chi connectivity index (χ0n) is 16.9. The zero-order chi connectivity index (χ0) is 22.7. The second-order valence-electron chi connectivity index (χ2n) is 6.76. The second kappa shape index (κ2) is 9.69. The van der Waals surface area contributed by atoms with Crippen molar-refractivity contribution >= 4 is 57.9 Å². The normalized spacial score (nSPS) is 14.8. The molecule has 0 saturated carbocycles. The van der Waals surface area contributed by atoms with Gasteiger partial charge in [-0.15, -0.1) is 0 Å². The van der Waals surface area contributed by atoms with Crippen molar-refractivity contribution in [2.75, 3.05) is 12.0 Å². The van der Waals surface area contributed by atoms with Crippen LogP contribution in [-0.4, -0.2) is 18.3 Å². The fraction of sp³-hybridized carbons (Fsp3) is 0.0833. The number of imide groups is 1. The van der Waals surface area contributed by atoms with Crippen LogP contribution >= 0.6 is 35.0 Å². The number of thioether (sulfide) groups is 1. The van der Waals surface area contributed by atoms with Crippen LogP contribution in [0.4, 0.5) is 10.5 Å². The first-order chi connectivity index (χ1) is 15.5. The molecule has 3 aromatic rings. The van der Waals surface area contributed by atoms with Gasteiger partial charge in [0.25, 0.3) is 11.1 Å². The lowest BCUT2D eigenvalue weighted by atomic mass is 10.2. The number of ether oxygens (including phenoxy) is 2. The highest BCUT2D eigenvalue weighted by Gasteiger charge is 2.37. The molecule has 1 heterocycles. The SMILES string of the molecule is COc1ccccc1N1C(=O)S/C(=C\c2ccc(OCc3ccccc3Cl)c(Cl)c2)C1=O. The number of anilines is 1. The number of carbonyl (C=O) groups excluding carboxylic acids is 2. The van der Waals surface area contributed by atoms with Crippen molar-refractivity contribution in [3.8, 4) is 11.5 Å². The number of hydrogen-bond donors (Lipinski definition) is 0. The van der Waals surface area contributed by atoms with E-state index in [1.54, 1.807) is 54.6 Å². The van der Waals surface area contributed by atoms with Gasteiger partial charge in [0.15, 0.2) is 0 Å². The van der Waals surface area contributed by atoms with Gasteiger partial charge >= 0.3 is 0 Å². The van der Waals surface area contributed by atoms with E-state index in [4.69, 9.17) is 32.7 Å². The molecule has 1 fully saturated rings. The summed E-state index contributed by atoms with van der Waals surface area (Å²) < 4.78 is 11.1. The van der Waals surface area contributed by atoms with Gasteiger partial charge in [-0.1, -0.05) is 59.6 Å². The quantitative estimate of drug-likeness (QED) is 0.358. The molecule has 0 bridgehead atoms. The van der Waals surface area contributed by atoms with Crippen LogP contribution in [0.25, 0.3) is 6.08 Å². The third-order valence-corrected chi connectivity index (χ3v) is 6.25. The predicted molar refractivity (Wildman–Crippen MR) is 129 cm³/mol. The molecule has 0 N–H and O–H groups in total. The van der Waals surface area contributed by atoms with Gasteiger partial charge in [-0.25, -0.2) is 4.90 Å². The van der Waals surface area contributed by atoms with Gasteiger partial charge in [-0.2, -0.15) is 0 Å². The van der Waals surface area contributed by atoms with E-state index in [1.807, 2.05) is 18.2 Å². The topological polar surface area (TPSA) is 55.8 Å². The van der Waals surface area contributed by atoms with Crippen LogP contribution in [0.1, 0.15) is 11.1 Å². The number of methoxy groups -OCH3 is 1. The van der Waals surface area contributed by atoms with Gasteiger partial charge in [0, 0.05) is 10.6 Å². The van der Waals surface area contributed by atoms with E-state index in [0.29, 0.717) is 37.7 Å². The number of carbonyl (C=O) groups is 2. The molecule has 162 valence electrons. The lowest BCUT2D eigenvalue weighted by Gasteiger charge is -2.15. The highest BCUT2D eigenvalue weighted by Crippen LogP contribution is 2.40. The maximum atomic E-state index is 12.9. The third kappa shape index (κ3) is 4.63. The molecule has 1 aliphatic heterocycles. The molecule has 3 aromatic carbocycles. The Hall–Kier alpha value is -2.93. The van der Waals surface area contributed by atoms with E-state index >= 15 is 0 Å². The molecule has 5 nitrogen and oxygen atoms in total. The molecule has 0 spiro atoms.